The minimum Gasteiger partial charge on any atom is -0.311 e. The third-order valence-corrected chi connectivity index (χ3v) is 3.15. The topological polar surface area (TPSA) is 42.7 Å². The molecule has 0 bridgehead atoms. The lowest BCUT2D eigenvalue weighted by atomic mass is 10.1. The monoisotopic (exact) mass is 262 g/mol. The Morgan fingerprint density at radius 1 is 1.42 bits per heavy atom. The maximum absolute atomic E-state index is 12.9. The maximum Gasteiger partial charge on any atom is 0.141 e. The molecule has 1 unspecified atom stereocenters. The second kappa shape index (κ2) is 5.93. The number of halogens is 1. The molecule has 0 aliphatic carbocycles. The first-order chi connectivity index (χ1) is 9.13. The summed E-state index contributed by atoms with van der Waals surface area (Å²) in [4.78, 5) is 4.14. The van der Waals surface area contributed by atoms with Gasteiger partial charge < -0.3 is 5.32 Å². The Hall–Kier alpha value is -1.75. The van der Waals surface area contributed by atoms with Crippen molar-refractivity contribution in [2.45, 2.75) is 32.9 Å². The van der Waals surface area contributed by atoms with Crippen LogP contribution >= 0.6 is 0 Å². The number of hydrogen-bond donors (Lipinski definition) is 1. The highest BCUT2D eigenvalue weighted by Gasteiger charge is 2.15. The minimum atomic E-state index is -0.312. The van der Waals surface area contributed by atoms with E-state index in [9.17, 15) is 4.39 Å². The smallest absolute Gasteiger partial charge is 0.141 e. The molecule has 0 aliphatic rings. The van der Waals surface area contributed by atoms with Gasteiger partial charge in [0, 0.05) is 18.7 Å². The summed E-state index contributed by atoms with van der Waals surface area (Å²) < 4.78 is 14.9. The van der Waals surface area contributed by atoms with E-state index in [4.69, 9.17) is 0 Å². The molecule has 2 heterocycles. The van der Waals surface area contributed by atoms with Gasteiger partial charge in [-0.2, -0.15) is 5.10 Å². The van der Waals surface area contributed by atoms with Crippen LogP contribution in [0, 0.1) is 12.7 Å². The van der Waals surface area contributed by atoms with E-state index in [2.05, 4.69) is 28.4 Å². The standard InChI is InChI=1S/C14H19FN4/c1-4-19-12(7-10(2)18-19)8-14(16-3)13-6-5-11(15)9-17-13/h5-7,9,14,16H,4,8H2,1-3H3. The summed E-state index contributed by atoms with van der Waals surface area (Å²) in [5, 5.41) is 7.65. The highest BCUT2D eigenvalue weighted by Crippen LogP contribution is 2.17. The SMILES string of the molecule is CCn1nc(C)cc1CC(NC)c1ccc(F)cn1. The van der Waals surface area contributed by atoms with Gasteiger partial charge in [0.2, 0.25) is 0 Å². The van der Waals surface area contributed by atoms with Crippen molar-refractivity contribution in [3.05, 3.63) is 47.3 Å². The van der Waals surface area contributed by atoms with Gasteiger partial charge in [-0.1, -0.05) is 0 Å². The van der Waals surface area contributed by atoms with Gasteiger partial charge in [-0.05, 0) is 39.1 Å². The summed E-state index contributed by atoms with van der Waals surface area (Å²) in [7, 11) is 1.88. The summed E-state index contributed by atoms with van der Waals surface area (Å²) in [6, 6.07) is 5.30. The van der Waals surface area contributed by atoms with Crippen molar-refractivity contribution in [1.29, 1.82) is 0 Å². The molecule has 0 aliphatic heterocycles. The van der Waals surface area contributed by atoms with Gasteiger partial charge in [-0.25, -0.2) is 4.39 Å². The van der Waals surface area contributed by atoms with Gasteiger partial charge >= 0.3 is 0 Å². The first-order valence-electron chi connectivity index (χ1n) is 6.46. The molecule has 4 nitrogen and oxygen atoms in total. The first kappa shape index (κ1) is 13.7. The zero-order valence-corrected chi connectivity index (χ0v) is 11.5. The normalized spacial score (nSPS) is 12.6. The Balaban J connectivity index is 2.21. The third-order valence-electron chi connectivity index (χ3n) is 3.15. The van der Waals surface area contributed by atoms with Crippen LogP contribution in [0.25, 0.3) is 0 Å². The van der Waals surface area contributed by atoms with E-state index in [0.717, 1.165) is 30.0 Å². The number of nitrogens with one attached hydrogen (secondary N) is 1. The lowest BCUT2D eigenvalue weighted by Crippen LogP contribution is -2.21. The van der Waals surface area contributed by atoms with Gasteiger partial charge in [0.15, 0.2) is 0 Å². The van der Waals surface area contributed by atoms with E-state index in [1.165, 1.54) is 12.3 Å². The fourth-order valence-electron chi connectivity index (χ4n) is 2.19. The second-order valence-electron chi connectivity index (χ2n) is 4.54. The lowest BCUT2D eigenvalue weighted by molar-refractivity contribution is 0.528. The van der Waals surface area contributed by atoms with E-state index in [-0.39, 0.29) is 11.9 Å². The molecule has 2 rings (SSSR count). The first-order valence-corrected chi connectivity index (χ1v) is 6.46. The number of likely N-dealkylation sites (N-methyl/N-ethyl adjacent to an activating group) is 1. The van der Waals surface area contributed by atoms with Crippen molar-refractivity contribution in [3.63, 3.8) is 0 Å². The molecule has 1 atom stereocenters. The Kier molecular flexibility index (Phi) is 4.27. The van der Waals surface area contributed by atoms with Gasteiger partial charge in [0.1, 0.15) is 5.82 Å². The average molecular weight is 262 g/mol. The fraction of sp³-hybridized carbons (Fsp3) is 0.429. The van der Waals surface area contributed by atoms with Crippen molar-refractivity contribution in [3.8, 4) is 0 Å². The lowest BCUT2D eigenvalue weighted by Gasteiger charge is -2.16. The molecular weight excluding hydrogens is 243 g/mol. The molecule has 0 aromatic carbocycles. The summed E-state index contributed by atoms with van der Waals surface area (Å²) in [6.45, 7) is 4.90. The van der Waals surface area contributed by atoms with Crippen molar-refractivity contribution >= 4 is 0 Å². The van der Waals surface area contributed by atoms with Crippen molar-refractivity contribution < 1.29 is 4.39 Å². The Morgan fingerprint density at radius 3 is 2.79 bits per heavy atom. The van der Waals surface area contributed by atoms with Crippen LogP contribution in [-0.4, -0.2) is 21.8 Å². The molecule has 0 saturated carbocycles. The zero-order valence-electron chi connectivity index (χ0n) is 11.5. The summed E-state index contributed by atoms with van der Waals surface area (Å²) in [5.41, 5.74) is 3.01. The van der Waals surface area contributed by atoms with E-state index in [1.807, 2.05) is 18.7 Å². The van der Waals surface area contributed by atoms with E-state index in [1.54, 1.807) is 6.07 Å². The minimum absolute atomic E-state index is 0.0574. The van der Waals surface area contributed by atoms with Gasteiger partial charge in [-0.3, -0.25) is 9.67 Å². The number of rotatable bonds is 5. The van der Waals surface area contributed by atoms with Crippen LogP contribution in [0.5, 0.6) is 0 Å². The van der Waals surface area contributed by atoms with Gasteiger partial charge in [0.05, 0.1) is 23.6 Å². The highest BCUT2D eigenvalue weighted by molar-refractivity contribution is 5.16. The third kappa shape index (κ3) is 3.17. The molecular formula is C14H19FN4. The zero-order chi connectivity index (χ0) is 13.8. The molecule has 0 saturated heterocycles. The largest absolute Gasteiger partial charge is 0.311 e. The molecule has 0 amide bonds. The van der Waals surface area contributed by atoms with Crippen LogP contribution in [0.1, 0.15) is 30.0 Å². The molecule has 0 fully saturated rings. The van der Waals surface area contributed by atoms with Crippen LogP contribution < -0.4 is 5.32 Å². The Bertz CT molecular complexity index is 533. The number of aryl methyl sites for hydroxylation is 2. The van der Waals surface area contributed by atoms with E-state index < -0.39 is 0 Å². The molecule has 19 heavy (non-hydrogen) atoms. The number of nitrogens with zero attached hydrogens (tertiary/aromatic N) is 3. The summed E-state index contributed by atoms with van der Waals surface area (Å²) in [5.74, 6) is -0.312. The average Bonchev–Trinajstić information content (AvgIpc) is 2.77. The van der Waals surface area contributed by atoms with Crippen molar-refractivity contribution in [2.24, 2.45) is 0 Å². The van der Waals surface area contributed by atoms with Crippen LogP contribution in [-0.2, 0) is 13.0 Å². The molecule has 2 aromatic heterocycles. The molecule has 102 valence electrons. The second-order valence-corrected chi connectivity index (χ2v) is 4.54. The number of pyridine rings is 1. The van der Waals surface area contributed by atoms with Gasteiger partial charge in [-0.15, -0.1) is 0 Å². The molecule has 1 N–H and O–H groups in total. The van der Waals surface area contributed by atoms with Crippen LogP contribution in [0.4, 0.5) is 4.39 Å². The predicted octanol–water partition coefficient (Wildman–Crippen LogP) is 2.25. The summed E-state index contributed by atoms with van der Waals surface area (Å²) in [6.07, 6.45) is 2.03. The van der Waals surface area contributed by atoms with Crippen molar-refractivity contribution in [2.75, 3.05) is 7.05 Å². The number of hydrogen-bond acceptors (Lipinski definition) is 3. The highest BCUT2D eigenvalue weighted by atomic mass is 19.1. The quantitative estimate of drug-likeness (QED) is 0.898. The van der Waals surface area contributed by atoms with Crippen LogP contribution in [0.15, 0.2) is 24.4 Å². The molecule has 0 radical (unpaired) electrons. The van der Waals surface area contributed by atoms with Crippen molar-refractivity contribution in [1.82, 2.24) is 20.1 Å². The maximum atomic E-state index is 12.9. The Morgan fingerprint density at radius 2 is 2.21 bits per heavy atom. The molecule has 5 heteroatoms. The van der Waals surface area contributed by atoms with E-state index in [0.29, 0.717) is 0 Å². The van der Waals surface area contributed by atoms with E-state index >= 15 is 0 Å². The Labute approximate surface area is 112 Å². The molecule has 0 spiro atoms. The summed E-state index contributed by atoms with van der Waals surface area (Å²) >= 11 is 0. The fourth-order valence-corrected chi connectivity index (χ4v) is 2.19. The van der Waals surface area contributed by atoms with Gasteiger partial charge in [0.25, 0.3) is 0 Å². The van der Waals surface area contributed by atoms with Crippen LogP contribution in [0.2, 0.25) is 0 Å². The number of aromatic nitrogens is 3. The van der Waals surface area contributed by atoms with Crippen LogP contribution in [0.3, 0.4) is 0 Å². The predicted molar refractivity (Wildman–Crippen MR) is 72.3 cm³/mol. The molecule has 2 aromatic rings.